The fourth-order valence-corrected chi connectivity index (χ4v) is 3.91. The minimum Gasteiger partial charge on any atom is -0.478 e. The zero-order valence-electron chi connectivity index (χ0n) is 8.41. The lowest BCUT2D eigenvalue weighted by Gasteiger charge is -2.25. The molecule has 0 spiro atoms. The molecule has 0 saturated heterocycles. The zero-order valence-corrected chi connectivity index (χ0v) is 10.8. The maximum Gasteiger partial charge on any atom is 0.338 e. The average molecular weight is 291 g/mol. The average Bonchev–Trinajstić information content (AvgIpc) is 2.41. The van der Waals surface area contributed by atoms with Crippen molar-refractivity contribution in [2.45, 2.75) is 32.5 Å². The Morgan fingerprint density at radius 1 is 1.60 bits per heavy atom. The monoisotopic (exact) mass is 290 g/mol. The van der Waals surface area contributed by atoms with Crippen molar-refractivity contribution in [3.8, 4) is 0 Å². The van der Waals surface area contributed by atoms with Crippen LogP contribution in [0.2, 0.25) is 0 Å². The molecule has 2 rings (SSSR count). The molecule has 1 N–H and O–H groups in total. The lowest BCUT2D eigenvalue weighted by atomic mass is 10.00. The third-order valence-corrected chi connectivity index (χ3v) is 4.57. The highest BCUT2D eigenvalue weighted by Gasteiger charge is 2.30. The van der Waals surface area contributed by atoms with Gasteiger partial charge in [-0.05, 0) is 35.3 Å². The van der Waals surface area contributed by atoms with Gasteiger partial charge in [0, 0.05) is 11.3 Å². The largest absolute Gasteiger partial charge is 0.478 e. The number of carboxylic acid groups (broad SMARTS) is 1. The Hall–Kier alpha value is -0.390. The van der Waals surface area contributed by atoms with E-state index in [1.165, 1.54) is 11.3 Å². The van der Waals surface area contributed by atoms with Crippen LogP contribution < -0.4 is 0 Å². The molecule has 1 aliphatic rings. The number of hydrogen-bond acceptors (Lipinski definition) is 3. The molecule has 2 atom stereocenters. The molecular weight excluding hydrogens is 280 g/mol. The first-order valence-corrected chi connectivity index (χ1v) is 6.31. The Balaban J connectivity index is 2.56. The molecule has 82 valence electrons. The molecule has 0 aromatic carbocycles. The summed E-state index contributed by atoms with van der Waals surface area (Å²) >= 11 is 4.77. The summed E-state index contributed by atoms with van der Waals surface area (Å²) in [5.41, 5.74) is 1.35. The van der Waals surface area contributed by atoms with Gasteiger partial charge in [-0.15, -0.1) is 11.3 Å². The summed E-state index contributed by atoms with van der Waals surface area (Å²) in [6.07, 6.45) is 0.772. The van der Waals surface area contributed by atoms with Gasteiger partial charge in [0.25, 0.3) is 0 Å². The van der Waals surface area contributed by atoms with E-state index in [1.807, 2.05) is 13.8 Å². The second-order valence-corrected chi connectivity index (χ2v) is 6.06. The highest BCUT2D eigenvalue weighted by atomic mass is 79.9. The number of ether oxygens (including phenoxy) is 1. The van der Waals surface area contributed by atoms with E-state index in [-0.39, 0.29) is 12.2 Å². The number of carbonyl (C=O) groups is 1. The molecule has 3 nitrogen and oxygen atoms in total. The first kappa shape index (κ1) is 11.1. The molecule has 1 aromatic rings. The number of fused-ring (bicyclic) bond motifs is 1. The molecule has 0 aliphatic carbocycles. The highest BCUT2D eigenvalue weighted by molar-refractivity contribution is 9.11. The van der Waals surface area contributed by atoms with Gasteiger partial charge in [-0.1, -0.05) is 0 Å². The third kappa shape index (κ3) is 1.84. The zero-order chi connectivity index (χ0) is 11.2. The number of carboxylic acids is 1. The van der Waals surface area contributed by atoms with Crippen LogP contribution in [0.15, 0.2) is 3.79 Å². The Labute approximate surface area is 100 Å². The van der Waals surface area contributed by atoms with Gasteiger partial charge in [0.05, 0.1) is 21.6 Å². The number of halogens is 1. The molecule has 0 radical (unpaired) electrons. The third-order valence-electron chi connectivity index (χ3n) is 2.51. The Bertz CT molecular complexity index is 413. The molecule has 0 fully saturated rings. The quantitative estimate of drug-likeness (QED) is 0.864. The Morgan fingerprint density at radius 2 is 2.27 bits per heavy atom. The van der Waals surface area contributed by atoms with E-state index in [0.717, 1.165) is 10.4 Å². The normalized spacial score (nSPS) is 25.0. The van der Waals surface area contributed by atoms with Crippen molar-refractivity contribution >= 4 is 33.2 Å². The maximum atomic E-state index is 11.1. The first-order chi connectivity index (χ1) is 7.00. The molecule has 1 aliphatic heterocycles. The van der Waals surface area contributed by atoms with Gasteiger partial charge in [0.15, 0.2) is 0 Å². The van der Waals surface area contributed by atoms with Gasteiger partial charge in [-0.25, -0.2) is 4.79 Å². The smallest absolute Gasteiger partial charge is 0.338 e. The minimum atomic E-state index is -0.860. The van der Waals surface area contributed by atoms with E-state index < -0.39 is 5.97 Å². The van der Waals surface area contributed by atoms with E-state index in [0.29, 0.717) is 15.8 Å². The topological polar surface area (TPSA) is 46.5 Å². The van der Waals surface area contributed by atoms with E-state index in [9.17, 15) is 4.79 Å². The molecule has 0 saturated carbocycles. The standard InChI is InChI=1S/C10H11BrO3S/c1-4-3-6-7(10(12)13)9(11)15-8(6)5(2)14-4/h4-5H,3H2,1-2H3,(H,12,13). The van der Waals surface area contributed by atoms with Crippen LogP contribution in [-0.4, -0.2) is 17.2 Å². The van der Waals surface area contributed by atoms with Crippen molar-refractivity contribution in [2.24, 2.45) is 0 Å². The van der Waals surface area contributed by atoms with Gasteiger partial charge >= 0.3 is 5.97 Å². The van der Waals surface area contributed by atoms with Gasteiger partial charge in [-0.3, -0.25) is 0 Å². The summed E-state index contributed by atoms with van der Waals surface area (Å²) < 4.78 is 6.36. The number of hydrogen-bond donors (Lipinski definition) is 1. The van der Waals surface area contributed by atoms with Gasteiger partial charge in [0.2, 0.25) is 0 Å². The molecule has 0 amide bonds. The Kier molecular flexibility index (Phi) is 2.87. The van der Waals surface area contributed by atoms with E-state index >= 15 is 0 Å². The van der Waals surface area contributed by atoms with Gasteiger partial charge in [-0.2, -0.15) is 0 Å². The molecule has 5 heteroatoms. The van der Waals surface area contributed by atoms with Crippen molar-refractivity contribution < 1.29 is 14.6 Å². The van der Waals surface area contributed by atoms with Crippen molar-refractivity contribution in [2.75, 3.05) is 0 Å². The number of rotatable bonds is 1. The molecule has 15 heavy (non-hydrogen) atoms. The van der Waals surface area contributed by atoms with Gasteiger partial charge < -0.3 is 9.84 Å². The lowest BCUT2D eigenvalue weighted by molar-refractivity contribution is -0.00239. The van der Waals surface area contributed by atoms with Crippen LogP contribution in [0, 0.1) is 0 Å². The molecule has 1 aromatic heterocycles. The second-order valence-electron chi connectivity index (χ2n) is 3.69. The van der Waals surface area contributed by atoms with Crippen LogP contribution in [0.5, 0.6) is 0 Å². The van der Waals surface area contributed by atoms with E-state index in [4.69, 9.17) is 9.84 Å². The SMILES string of the molecule is CC1Cc2c(sc(Br)c2C(=O)O)C(C)O1. The van der Waals surface area contributed by atoms with Crippen LogP contribution in [-0.2, 0) is 11.2 Å². The predicted octanol–water partition coefficient (Wildman–Crippen LogP) is 3.23. The van der Waals surface area contributed by atoms with Crippen LogP contribution in [0.4, 0.5) is 0 Å². The van der Waals surface area contributed by atoms with Crippen molar-refractivity contribution in [1.82, 2.24) is 0 Å². The summed E-state index contributed by atoms with van der Waals surface area (Å²) in [6, 6.07) is 0. The summed E-state index contributed by atoms with van der Waals surface area (Å²) in [5, 5.41) is 9.12. The summed E-state index contributed by atoms with van der Waals surface area (Å²) in [4.78, 5) is 12.1. The minimum absolute atomic E-state index is 0.00171. The second kappa shape index (κ2) is 3.88. The summed E-state index contributed by atoms with van der Waals surface area (Å²) in [5.74, 6) is -0.860. The predicted molar refractivity (Wildman–Crippen MR) is 61.6 cm³/mol. The van der Waals surface area contributed by atoms with E-state index in [2.05, 4.69) is 15.9 Å². The molecule has 0 bridgehead atoms. The Morgan fingerprint density at radius 3 is 2.87 bits per heavy atom. The number of thiophene rings is 1. The van der Waals surface area contributed by atoms with Crippen LogP contribution in [0.3, 0.4) is 0 Å². The van der Waals surface area contributed by atoms with Crippen molar-refractivity contribution in [3.05, 3.63) is 19.8 Å². The lowest BCUT2D eigenvalue weighted by Crippen LogP contribution is -2.22. The van der Waals surface area contributed by atoms with Crippen LogP contribution in [0.1, 0.15) is 40.8 Å². The number of aromatic carboxylic acids is 1. The van der Waals surface area contributed by atoms with Gasteiger partial charge in [0.1, 0.15) is 0 Å². The highest BCUT2D eigenvalue weighted by Crippen LogP contribution is 2.42. The maximum absolute atomic E-state index is 11.1. The van der Waals surface area contributed by atoms with E-state index in [1.54, 1.807) is 0 Å². The van der Waals surface area contributed by atoms with Crippen LogP contribution in [0.25, 0.3) is 0 Å². The molecule has 2 heterocycles. The van der Waals surface area contributed by atoms with Crippen molar-refractivity contribution in [1.29, 1.82) is 0 Å². The molecule has 2 unspecified atom stereocenters. The fourth-order valence-electron chi connectivity index (χ4n) is 1.94. The van der Waals surface area contributed by atoms with Crippen LogP contribution >= 0.6 is 27.3 Å². The first-order valence-electron chi connectivity index (χ1n) is 4.70. The summed E-state index contributed by atoms with van der Waals surface area (Å²) in [6.45, 7) is 3.93. The summed E-state index contributed by atoms with van der Waals surface area (Å²) in [7, 11) is 0. The van der Waals surface area contributed by atoms with Crippen molar-refractivity contribution in [3.63, 3.8) is 0 Å². The molecular formula is C10H11BrO3S. The fraction of sp³-hybridized carbons (Fsp3) is 0.500.